The van der Waals surface area contributed by atoms with Gasteiger partial charge in [-0.1, -0.05) is 58.2 Å². The van der Waals surface area contributed by atoms with Crippen molar-refractivity contribution in [3.05, 3.63) is 57.2 Å². The van der Waals surface area contributed by atoms with Crippen LogP contribution in [0, 0.1) is 0 Å². The normalized spacial score (nSPS) is 17.6. The van der Waals surface area contributed by atoms with Gasteiger partial charge >= 0.3 is 0 Å². The van der Waals surface area contributed by atoms with Crippen molar-refractivity contribution in [2.75, 3.05) is 0 Å². The molecule has 1 fully saturated rings. The summed E-state index contributed by atoms with van der Waals surface area (Å²) in [5.74, 6) is 0.782. The van der Waals surface area contributed by atoms with Crippen molar-refractivity contribution in [1.82, 2.24) is 4.98 Å². The SMILES string of the molecule is CC(C)(C)c1cc(Br)c2[nH]c3c(c2c1)-c1ccc(C2CCCCC2)cc1CC3. The summed E-state index contributed by atoms with van der Waals surface area (Å²) in [6.07, 6.45) is 9.24. The molecule has 1 N–H and O–H groups in total. The van der Waals surface area contributed by atoms with Crippen molar-refractivity contribution >= 4 is 26.8 Å². The predicted octanol–water partition coefficient (Wildman–Crippen LogP) is 8.04. The summed E-state index contributed by atoms with van der Waals surface area (Å²) in [6, 6.07) is 12.1. The van der Waals surface area contributed by atoms with Crippen molar-refractivity contribution in [2.45, 2.75) is 77.0 Å². The fourth-order valence-corrected chi connectivity index (χ4v) is 5.81. The molecular weight excluding hydrogens is 406 g/mol. The van der Waals surface area contributed by atoms with E-state index in [1.165, 1.54) is 69.9 Å². The molecule has 146 valence electrons. The van der Waals surface area contributed by atoms with Crippen LogP contribution >= 0.6 is 15.9 Å². The van der Waals surface area contributed by atoms with Crippen LogP contribution in [-0.2, 0) is 18.3 Å². The smallest absolute Gasteiger partial charge is 0.0607 e. The third kappa shape index (κ3) is 3.05. The first-order chi connectivity index (χ1) is 13.4. The van der Waals surface area contributed by atoms with Crippen LogP contribution < -0.4 is 0 Å². The zero-order valence-electron chi connectivity index (χ0n) is 17.3. The summed E-state index contributed by atoms with van der Waals surface area (Å²) in [4.78, 5) is 3.73. The Morgan fingerprint density at radius 1 is 0.964 bits per heavy atom. The molecule has 28 heavy (non-hydrogen) atoms. The van der Waals surface area contributed by atoms with Crippen LogP contribution in [0.15, 0.2) is 34.8 Å². The van der Waals surface area contributed by atoms with Crippen LogP contribution in [0.25, 0.3) is 22.0 Å². The van der Waals surface area contributed by atoms with Gasteiger partial charge in [0.05, 0.1) is 5.52 Å². The Bertz CT molecular complexity index is 1040. The number of benzene rings is 2. The third-order valence-electron chi connectivity index (χ3n) is 6.92. The predicted molar refractivity (Wildman–Crippen MR) is 123 cm³/mol. The number of halogens is 1. The number of aromatic nitrogens is 1. The Hall–Kier alpha value is -1.54. The lowest BCUT2D eigenvalue weighted by molar-refractivity contribution is 0.443. The van der Waals surface area contributed by atoms with Crippen molar-refractivity contribution in [1.29, 1.82) is 0 Å². The van der Waals surface area contributed by atoms with Gasteiger partial charge in [-0.2, -0.15) is 0 Å². The van der Waals surface area contributed by atoms with Crippen molar-refractivity contribution in [2.24, 2.45) is 0 Å². The molecule has 2 aliphatic rings. The number of aryl methyl sites for hydroxylation is 2. The van der Waals surface area contributed by atoms with Crippen LogP contribution in [0.4, 0.5) is 0 Å². The van der Waals surface area contributed by atoms with E-state index < -0.39 is 0 Å². The molecule has 0 spiro atoms. The van der Waals surface area contributed by atoms with Gasteiger partial charge in [0.1, 0.15) is 0 Å². The standard InChI is InChI=1S/C26H30BrN/c1-26(2,3)19-14-21-24-20-11-9-17(16-7-5-4-6-8-16)13-18(20)10-12-23(24)28-25(21)22(27)15-19/h9,11,13-16,28H,4-8,10,12H2,1-3H3. The van der Waals surface area contributed by atoms with Gasteiger partial charge < -0.3 is 4.98 Å². The molecule has 2 aliphatic carbocycles. The average Bonchev–Trinajstić information content (AvgIpc) is 3.07. The molecule has 2 aromatic carbocycles. The minimum Gasteiger partial charge on any atom is -0.357 e. The Labute approximate surface area is 177 Å². The molecule has 0 atom stereocenters. The molecule has 0 saturated heterocycles. The summed E-state index contributed by atoms with van der Waals surface area (Å²) >= 11 is 3.84. The third-order valence-corrected chi connectivity index (χ3v) is 7.55. The van der Waals surface area contributed by atoms with E-state index in [4.69, 9.17) is 0 Å². The molecule has 5 rings (SSSR count). The number of rotatable bonds is 1. The van der Waals surface area contributed by atoms with E-state index in [1.54, 1.807) is 11.1 Å². The first-order valence-corrected chi connectivity index (χ1v) is 11.7. The Balaban J connectivity index is 1.65. The maximum absolute atomic E-state index is 3.84. The summed E-state index contributed by atoms with van der Waals surface area (Å²) < 4.78 is 1.18. The number of hydrogen-bond donors (Lipinski definition) is 1. The number of nitrogens with one attached hydrogen (secondary N) is 1. The molecule has 0 radical (unpaired) electrons. The minimum absolute atomic E-state index is 0.142. The van der Waals surface area contributed by atoms with E-state index in [1.807, 2.05) is 0 Å². The van der Waals surface area contributed by atoms with Gasteiger partial charge in [0.15, 0.2) is 0 Å². The maximum Gasteiger partial charge on any atom is 0.0607 e. The van der Waals surface area contributed by atoms with Crippen molar-refractivity contribution in [3.8, 4) is 11.1 Å². The second kappa shape index (κ2) is 6.76. The zero-order chi connectivity index (χ0) is 19.5. The highest BCUT2D eigenvalue weighted by Gasteiger charge is 2.25. The summed E-state index contributed by atoms with van der Waals surface area (Å²) in [5.41, 5.74) is 10.2. The van der Waals surface area contributed by atoms with Crippen LogP contribution in [0.2, 0.25) is 0 Å². The first-order valence-electron chi connectivity index (χ1n) is 10.9. The van der Waals surface area contributed by atoms with Crippen LogP contribution in [0.1, 0.15) is 81.2 Å². The molecular formula is C26H30BrN. The second-order valence-corrected chi connectivity index (χ2v) is 10.7. The van der Waals surface area contributed by atoms with Crippen molar-refractivity contribution < 1.29 is 0 Å². The van der Waals surface area contributed by atoms with E-state index in [-0.39, 0.29) is 5.41 Å². The molecule has 1 nitrogen and oxygen atoms in total. The maximum atomic E-state index is 3.84. The lowest BCUT2D eigenvalue weighted by atomic mass is 9.80. The van der Waals surface area contributed by atoms with Gasteiger partial charge in [0.25, 0.3) is 0 Å². The summed E-state index contributed by atoms with van der Waals surface area (Å²) in [5, 5.41) is 1.38. The van der Waals surface area contributed by atoms with Gasteiger partial charge in [-0.25, -0.2) is 0 Å². The molecule has 2 heteroatoms. The molecule has 0 unspecified atom stereocenters. The lowest BCUT2D eigenvalue weighted by Crippen LogP contribution is -2.11. The largest absolute Gasteiger partial charge is 0.357 e. The number of fused-ring (bicyclic) bond motifs is 5. The fraction of sp³-hybridized carbons (Fsp3) is 0.462. The fourth-order valence-electron chi connectivity index (χ4n) is 5.25. The number of hydrogen-bond acceptors (Lipinski definition) is 0. The summed E-state index contributed by atoms with van der Waals surface area (Å²) in [6.45, 7) is 6.89. The number of aromatic amines is 1. The monoisotopic (exact) mass is 435 g/mol. The highest BCUT2D eigenvalue weighted by atomic mass is 79.9. The van der Waals surface area contributed by atoms with E-state index in [0.717, 1.165) is 18.8 Å². The van der Waals surface area contributed by atoms with E-state index in [9.17, 15) is 0 Å². The van der Waals surface area contributed by atoms with E-state index in [2.05, 4.69) is 72.0 Å². The molecule has 0 aliphatic heterocycles. The molecule has 3 aromatic rings. The Morgan fingerprint density at radius 2 is 1.75 bits per heavy atom. The lowest BCUT2D eigenvalue weighted by Gasteiger charge is -2.25. The zero-order valence-corrected chi connectivity index (χ0v) is 18.9. The number of H-pyrrole nitrogens is 1. The highest BCUT2D eigenvalue weighted by Crippen LogP contribution is 2.44. The van der Waals surface area contributed by atoms with E-state index >= 15 is 0 Å². The topological polar surface area (TPSA) is 15.8 Å². The second-order valence-electron chi connectivity index (χ2n) is 9.86. The quantitative estimate of drug-likeness (QED) is 0.397. The van der Waals surface area contributed by atoms with Crippen LogP contribution in [0.3, 0.4) is 0 Å². The van der Waals surface area contributed by atoms with Crippen LogP contribution in [-0.4, -0.2) is 4.98 Å². The Morgan fingerprint density at radius 3 is 2.50 bits per heavy atom. The van der Waals surface area contributed by atoms with Crippen LogP contribution in [0.5, 0.6) is 0 Å². The molecule has 0 bridgehead atoms. The van der Waals surface area contributed by atoms with Gasteiger partial charge in [-0.05, 0) is 87.3 Å². The van der Waals surface area contributed by atoms with Gasteiger partial charge in [-0.15, -0.1) is 0 Å². The minimum atomic E-state index is 0.142. The molecule has 1 heterocycles. The molecule has 0 amide bonds. The van der Waals surface area contributed by atoms with Gasteiger partial charge in [-0.3, -0.25) is 0 Å². The van der Waals surface area contributed by atoms with Gasteiger partial charge in [0, 0.05) is 21.1 Å². The first kappa shape index (κ1) is 18.5. The van der Waals surface area contributed by atoms with Gasteiger partial charge in [0.2, 0.25) is 0 Å². The molecule has 1 aromatic heterocycles. The molecule has 1 saturated carbocycles. The van der Waals surface area contributed by atoms with E-state index in [0.29, 0.717) is 0 Å². The highest BCUT2D eigenvalue weighted by molar-refractivity contribution is 9.10. The summed E-state index contributed by atoms with van der Waals surface area (Å²) in [7, 11) is 0. The average molecular weight is 436 g/mol. The Kier molecular flexibility index (Phi) is 4.46. The van der Waals surface area contributed by atoms with Crippen molar-refractivity contribution in [3.63, 3.8) is 0 Å².